The van der Waals surface area contributed by atoms with E-state index in [9.17, 15) is 24.0 Å². The van der Waals surface area contributed by atoms with Crippen LogP contribution in [0.2, 0.25) is 0 Å². The largest absolute Gasteiger partial charge is 0.456 e. The van der Waals surface area contributed by atoms with Crippen molar-refractivity contribution >= 4 is 29.8 Å². The fourth-order valence-electron chi connectivity index (χ4n) is 9.60. The van der Waals surface area contributed by atoms with Crippen molar-refractivity contribution in [2.24, 2.45) is 5.92 Å². The van der Waals surface area contributed by atoms with Crippen LogP contribution in [0.5, 0.6) is 0 Å². The molecule has 5 saturated carbocycles. The van der Waals surface area contributed by atoms with Crippen molar-refractivity contribution in [3.05, 3.63) is 61.8 Å². The van der Waals surface area contributed by atoms with Gasteiger partial charge in [-0.05, 0) is 182 Å². The van der Waals surface area contributed by atoms with Gasteiger partial charge in [0, 0.05) is 28.9 Å². The van der Waals surface area contributed by atoms with Crippen LogP contribution in [-0.4, -0.2) is 57.9 Å². The van der Waals surface area contributed by atoms with Crippen molar-refractivity contribution in [1.29, 1.82) is 0 Å². The number of hydrogen-bond donors (Lipinski definition) is 0. The number of carbonyl (C=O) groups is 5. The van der Waals surface area contributed by atoms with Gasteiger partial charge in [-0.3, -0.25) is 0 Å². The van der Waals surface area contributed by atoms with Crippen LogP contribution in [0.25, 0.3) is 0 Å². The number of esters is 5. The van der Waals surface area contributed by atoms with Crippen molar-refractivity contribution in [1.82, 2.24) is 0 Å². The Morgan fingerprint density at radius 1 is 0.433 bits per heavy atom. The van der Waals surface area contributed by atoms with E-state index in [1.54, 1.807) is 20.8 Å². The molecule has 0 saturated heterocycles. The second kappa shape index (κ2) is 30.5. The molecule has 0 bridgehead atoms. The molecule has 5 aliphatic carbocycles. The van der Waals surface area contributed by atoms with Crippen LogP contribution in [0.1, 0.15) is 236 Å². The summed E-state index contributed by atoms with van der Waals surface area (Å²) in [6, 6.07) is 0. The van der Waals surface area contributed by atoms with Crippen molar-refractivity contribution in [3.8, 4) is 0 Å². The summed E-state index contributed by atoms with van der Waals surface area (Å²) in [5.74, 6) is -0.881. The second-order valence-corrected chi connectivity index (χ2v) is 20.8. The Hall–Kier alpha value is -3.95. The summed E-state index contributed by atoms with van der Waals surface area (Å²) in [6.07, 6.45) is 32.4. The molecule has 10 heteroatoms. The smallest absolute Gasteiger partial charge is 0.333 e. The molecule has 0 radical (unpaired) electrons. The molecular weight excluding hydrogens is 845 g/mol. The van der Waals surface area contributed by atoms with Crippen molar-refractivity contribution in [2.75, 3.05) is 0 Å². The number of carbonyl (C=O) groups excluding carboxylic acids is 5. The summed E-state index contributed by atoms with van der Waals surface area (Å²) in [5, 5.41) is 0. The monoisotopic (exact) mass is 939 g/mol. The summed E-state index contributed by atoms with van der Waals surface area (Å²) >= 11 is 0. The minimum Gasteiger partial charge on any atom is -0.456 e. The molecule has 10 nitrogen and oxygen atoms in total. The van der Waals surface area contributed by atoms with Gasteiger partial charge in [-0.15, -0.1) is 0 Å². The molecule has 5 rings (SSSR count). The molecule has 0 amide bonds. The Bertz CT molecular complexity index is 1600. The fraction of sp³-hybridized carbons (Fsp3) is 0.737. The van der Waals surface area contributed by atoms with Gasteiger partial charge in [-0.25, -0.2) is 24.0 Å². The number of ether oxygens (including phenoxy) is 5. The van der Waals surface area contributed by atoms with E-state index in [2.05, 4.69) is 60.6 Å². The quantitative estimate of drug-likeness (QED) is 0.0999. The third-order valence-corrected chi connectivity index (χ3v) is 14.4. The molecule has 0 aromatic rings. The normalized spacial score (nSPS) is 20.6. The van der Waals surface area contributed by atoms with E-state index < -0.39 is 0 Å². The Morgan fingerprint density at radius 3 is 1.04 bits per heavy atom. The molecule has 0 heterocycles. The fourth-order valence-corrected chi connectivity index (χ4v) is 9.60. The summed E-state index contributed by atoms with van der Waals surface area (Å²) in [4.78, 5) is 56.4. The van der Waals surface area contributed by atoms with Crippen LogP contribution < -0.4 is 0 Å². The van der Waals surface area contributed by atoms with E-state index in [1.165, 1.54) is 108 Å². The molecule has 0 aromatic heterocycles. The third kappa shape index (κ3) is 22.8. The standard InChI is InChI=1S/C13H22O2.C12H20O2.2C11H18O2.C10H16O2/c1-10(2)12(14)15-13(11(3)4)8-6-5-7-9-13;1-4-12(8-6-5-7-9-12)14-11(13)10(2)3;1-9(2)10(12)13-11(3)7-5-4-6-8-11;1-3-10(12)13-11(4-2)8-6-5-7-9-11;1-3-9(11)12-10(2)7-5-4-6-8-10/h11H,1,5-9H2,2-4H3;2,4-9H2,1,3H3;1,4-8H2,2-3H3;3H,1,4-9H2,2H3;3H,1,4-8H2,2H3. The van der Waals surface area contributed by atoms with Crippen LogP contribution >= 0.6 is 0 Å². The van der Waals surface area contributed by atoms with Crippen LogP contribution in [0, 0.1) is 5.92 Å². The second-order valence-electron chi connectivity index (χ2n) is 20.8. The summed E-state index contributed by atoms with van der Waals surface area (Å²) < 4.78 is 27.3. The minimum atomic E-state index is -0.292. The molecule has 0 N–H and O–H groups in total. The van der Waals surface area contributed by atoms with Crippen molar-refractivity contribution in [2.45, 2.75) is 264 Å². The Kier molecular flexibility index (Phi) is 27.8. The van der Waals surface area contributed by atoms with Gasteiger partial charge in [-0.2, -0.15) is 0 Å². The Labute approximate surface area is 407 Å². The van der Waals surface area contributed by atoms with Gasteiger partial charge in [0.2, 0.25) is 0 Å². The summed E-state index contributed by atoms with van der Waals surface area (Å²) in [5.41, 5.74) is 0.458. The Morgan fingerprint density at radius 2 is 0.716 bits per heavy atom. The molecule has 5 aliphatic rings. The van der Waals surface area contributed by atoms with Crippen molar-refractivity contribution in [3.63, 3.8) is 0 Å². The van der Waals surface area contributed by atoms with E-state index in [1.807, 2.05) is 13.8 Å². The average Bonchev–Trinajstić information content (AvgIpc) is 3.30. The minimum absolute atomic E-state index is 0.177. The highest BCUT2D eigenvalue weighted by Gasteiger charge is 2.39. The van der Waals surface area contributed by atoms with Gasteiger partial charge >= 0.3 is 29.8 Å². The molecule has 67 heavy (non-hydrogen) atoms. The van der Waals surface area contributed by atoms with Gasteiger partial charge in [0.05, 0.1) is 0 Å². The zero-order chi connectivity index (χ0) is 50.7. The topological polar surface area (TPSA) is 132 Å². The first-order chi connectivity index (χ1) is 31.5. The Balaban J connectivity index is 0.000000420. The van der Waals surface area contributed by atoms with Gasteiger partial charge in [0.25, 0.3) is 0 Å². The third-order valence-electron chi connectivity index (χ3n) is 14.4. The maximum absolute atomic E-state index is 11.6. The highest BCUT2D eigenvalue weighted by atomic mass is 16.6. The molecule has 0 unspecified atom stereocenters. The maximum Gasteiger partial charge on any atom is 0.333 e. The summed E-state index contributed by atoms with van der Waals surface area (Å²) in [7, 11) is 0. The first kappa shape index (κ1) is 61.1. The molecule has 382 valence electrons. The lowest BCUT2D eigenvalue weighted by Crippen LogP contribution is -2.42. The average molecular weight is 939 g/mol. The summed E-state index contributed by atoms with van der Waals surface area (Å²) in [6.45, 7) is 35.2. The number of hydrogen-bond acceptors (Lipinski definition) is 10. The van der Waals surface area contributed by atoms with Crippen LogP contribution in [0.15, 0.2) is 61.8 Å². The van der Waals surface area contributed by atoms with E-state index in [0.29, 0.717) is 22.6 Å². The van der Waals surface area contributed by atoms with E-state index in [4.69, 9.17) is 23.7 Å². The lowest BCUT2D eigenvalue weighted by Gasteiger charge is -2.40. The van der Waals surface area contributed by atoms with Gasteiger partial charge in [-0.1, -0.05) is 92.7 Å². The molecule has 5 fully saturated rings. The van der Waals surface area contributed by atoms with E-state index >= 15 is 0 Å². The van der Waals surface area contributed by atoms with E-state index in [-0.39, 0.29) is 57.9 Å². The lowest BCUT2D eigenvalue weighted by molar-refractivity contribution is -0.165. The molecule has 0 atom stereocenters. The van der Waals surface area contributed by atoms with Gasteiger partial charge in [0.15, 0.2) is 0 Å². The zero-order valence-electron chi connectivity index (χ0n) is 43.9. The highest BCUT2D eigenvalue weighted by Crippen LogP contribution is 2.39. The van der Waals surface area contributed by atoms with Crippen molar-refractivity contribution < 1.29 is 47.7 Å². The SMILES string of the molecule is C=C(C)C(=O)OC1(C(C)C)CCCCC1.C=C(C)C(=O)OC1(C)CCCCC1.C=C(C)C(=O)OC1(CC)CCCCC1.C=CC(=O)OC1(C)CCCCC1.C=CC(=O)OC1(CC)CCCCC1. The molecule has 0 aliphatic heterocycles. The molecular formula is C57H94O10. The predicted molar refractivity (Wildman–Crippen MR) is 271 cm³/mol. The molecule has 0 spiro atoms. The zero-order valence-corrected chi connectivity index (χ0v) is 43.9. The highest BCUT2D eigenvalue weighted by molar-refractivity contribution is 5.88. The first-order valence-corrected chi connectivity index (χ1v) is 25.9. The first-order valence-electron chi connectivity index (χ1n) is 25.9. The number of rotatable bonds is 13. The van der Waals surface area contributed by atoms with Gasteiger partial charge < -0.3 is 23.7 Å². The van der Waals surface area contributed by atoms with Crippen LogP contribution in [0.3, 0.4) is 0 Å². The molecule has 0 aromatic carbocycles. The van der Waals surface area contributed by atoms with Crippen LogP contribution in [-0.2, 0) is 47.7 Å². The van der Waals surface area contributed by atoms with E-state index in [0.717, 1.165) is 77.0 Å². The van der Waals surface area contributed by atoms with Crippen LogP contribution in [0.4, 0.5) is 0 Å². The maximum atomic E-state index is 11.6. The predicted octanol–water partition coefficient (Wildman–Crippen LogP) is 14.8. The van der Waals surface area contributed by atoms with Gasteiger partial charge in [0.1, 0.15) is 28.0 Å². The lowest BCUT2D eigenvalue weighted by atomic mass is 9.77.